The van der Waals surface area contributed by atoms with E-state index in [-0.39, 0.29) is 13.4 Å². The Morgan fingerprint density at radius 3 is 2.71 bits per heavy atom. The Morgan fingerprint density at radius 2 is 2.07 bits per heavy atom. The largest absolute Gasteiger partial charge is 0.493 e. The van der Waals surface area contributed by atoms with E-state index in [0.29, 0.717) is 23.9 Å². The smallest absolute Gasteiger partial charge is 0.231 e. The first-order valence-corrected chi connectivity index (χ1v) is 4.51. The SMILES string of the molecule is CCOc1cc2c(cc1CO)OCO2. The predicted molar refractivity (Wildman–Crippen MR) is 49.7 cm³/mol. The van der Waals surface area contributed by atoms with Crippen molar-refractivity contribution in [1.82, 2.24) is 0 Å². The van der Waals surface area contributed by atoms with Gasteiger partial charge in [-0.2, -0.15) is 0 Å². The highest BCUT2D eigenvalue weighted by Gasteiger charge is 2.17. The van der Waals surface area contributed by atoms with E-state index >= 15 is 0 Å². The van der Waals surface area contributed by atoms with Crippen LogP contribution in [0.5, 0.6) is 17.2 Å². The lowest BCUT2D eigenvalue weighted by Gasteiger charge is -2.08. The standard InChI is InChI=1S/C10H12O4/c1-2-12-8-4-10-9(13-6-14-10)3-7(8)5-11/h3-4,11H,2,5-6H2,1H3. The lowest BCUT2D eigenvalue weighted by Crippen LogP contribution is -1.96. The third kappa shape index (κ3) is 1.48. The summed E-state index contributed by atoms with van der Waals surface area (Å²) in [4.78, 5) is 0. The number of fused-ring (bicyclic) bond motifs is 1. The summed E-state index contributed by atoms with van der Waals surface area (Å²) in [5, 5.41) is 9.10. The van der Waals surface area contributed by atoms with Crippen LogP contribution < -0.4 is 14.2 Å². The van der Waals surface area contributed by atoms with Gasteiger partial charge < -0.3 is 19.3 Å². The lowest BCUT2D eigenvalue weighted by molar-refractivity contribution is 0.173. The van der Waals surface area contributed by atoms with Crippen LogP contribution in [0.2, 0.25) is 0 Å². The van der Waals surface area contributed by atoms with Crippen LogP contribution in [-0.4, -0.2) is 18.5 Å². The van der Waals surface area contributed by atoms with Crippen LogP contribution in [0.25, 0.3) is 0 Å². The summed E-state index contributed by atoms with van der Waals surface area (Å²) in [5.74, 6) is 1.99. The van der Waals surface area contributed by atoms with Crippen LogP contribution in [0.15, 0.2) is 12.1 Å². The number of hydrogen-bond acceptors (Lipinski definition) is 4. The van der Waals surface area contributed by atoms with E-state index in [2.05, 4.69) is 0 Å². The van der Waals surface area contributed by atoms with Crippen LogP contribution in [0.3, 0.4) is 0 Å². The summed E-state index contributed by atoms with van der Waals surface area (Å²) in [6.07, 6.45) is 0. The number of aliphatic hydroxyl groups is 1. The molecule has 0 atom stereocenters. The van der Waals surface area contributed by atoms with Crippen molar-refractivity contribution in [2.75, 3.05) is 13.4 Å². The molecule has 0 spiro atoms. The van der Waals surface area contributed by atoms with E-state index in [4.69, 9.17) is 19.3 Å². The van der Waals surface area contributed by atoms with Crippen LogP contribution in [0.4, 0.5) is 0 Å². The molecule has 0 aromatic heterocycles. The Balaban J connectivity index is 2.38. The Hall–Kier alpha value is -1.42. The summed E-state index contributed by atoms with van der Waals surface area (Å²) < 4.78 is 15.7. The van der Waals surface area contributed by atoms with Crippen LogP contribution in [0.1, 0.15) is 12.5 Å². The van der Waals surface area contributed by atoms with Gasteiger partial charge in [0, 0.05) is 11.6 Å². The monoisotopic (exact) mass is 196 g/mol. The minimum absolute atomic E-state index is 0.0635. The fraction of sp³-hybridized carbons (Fsp3) is 0.400. The molecule has 4 nitrogen and oxygen atoms in total. The Labute approximate surface area is 82.0 Å². The number of rotatable bonds is 3. The van der Waals surface area contributed by atoms with Gasteiger partial charge in [0.1, 0.15) is 5.75 Å². The molecule has 0 bridgehead atoms. The maximum atomic E-state index is 9.10. The summed E-state index contributed by atoms with van der Waals surface area (Å²) >= 11 is 0. The maximum Gasteiger partial charge on any atom is 0.231 e. The molecule has 0 fully saturated rings. The van der Waals surface area contributed by atoms with E-state index in [0.717, 1.165) is 5.56 Å². The molecule has 0 saturated heterocycles. The van der Waals surface area contributed by atoms with Gasteiger partial charge in [0.25, 0.3) is 0 Å². The highest BCUT2D eigenvalue weighted by molar-refractivity contribution is 5.51. The van der Waals surface area contributed by atoms with Crippen molar-refractivity contribution in [3.05, 3.63) is 17.7 Å². The number of benzene rings is 1. The molecule has 4 heteroatoms. The van der Waals surface area contributed by atoms with E-state index < -0.39 is 0 Å². The van der Waals surface area contributed by atoms with Gasteiger partial charge in [-0.1, -0.05) is 0 Å². The van der Waals surface area contributed by atoms with Crippen molar-refractivity contribution in [3.63, 3.8) is 0 Å². The van der Waals surface area contributed by atoms with Gasteiger partial charge in [0.05, 0.1) is 13.2 Å². The maximum absolute atomic E-state index is 9.10. The van der Waals surface area contributed by atoms with Crippen LogP contribution in [-0.2, 0) is 6.61 Å². The minimum Gasteiger partial charge on any atom is -0.493 e. The highest BCUT2D eigenvalue weighted by atomic mass is 16.7. The van der Waals surface area contributed by atoms with Crippen molar-refractivity contribution in [1.29, 1.82) is 0 Å². The first-order chi connectivity index (χ1) is 6.85. The highest BCUT2D eigenvalue weighted by Crippen LogP contribution is 2.38. The molecule has 0 amide bonds. The quantitative estimate of drug-likeness (QED) is 0.791. The fourth-order valence-corrected chi connectivity index (χ4v) is 1.38. The number of aliphatic hydroxyl groups excluding tert-OH is 1. The second-order valence-corrected chi connectivity index (χ2v) is 2.90. The zero-order chi connectivity index (χ0) is 9.97. The second kappa shape index (κ2) is 3.75. The molecule has 1 heterocycles. The number of hydrogen-bond donors (Lipinski definition) is 1. The third-order valence-electron chi connectivity index (χ3n) is 2.03. The molecule has 1 aliphatic heterocycles. The Morgan fingerprint density at radius 1 is 1.36 bits per heavy atom. The number of ether oxygens (including phenoxy) is 3. The summed E-state index contributed by atoms with van der Waals surface area (Å²) in [5.41, 5.74) is 0.719. The van der Waals surface area contributed by atoms with E-state index in [9.17, 15) is 0 Å². The zero-order valence-corrected chi connectivity index (χ0v) is 7.95. The molecule has 1 aromatic rings. The Kier molecular flexibility index (Phi) is 2.45. The van der Waals surface area contributed by atoms with Crippen molar-refractivity contribution in [3.8, 4) is 17.2 Å². The molecular weight excluding hydrogens is 184 g/mol. The average Bonchev–Trinajstić information content (AvgIpc) is 2.64. The Bertz CT molecular complexity index is 335. The van der Waals surface area contributed by atoms with E-state index in [1.165, 1.54) is 0 Å². The minimum atomic E-state index is -0.0635. The van der Waals surface area contributed by atoms with Gasteiger partial charge in [0.2, 0.25) is 6.79 Å². The topological polar surface area (TPSA) is 47.9 Å². The van der Waals surface area contributed by atoms with Crippen molar-refractivity contribution >= 4 is 0 Å². The zero-order valence-electron chi connectivity index (χ0n) is 7.95. The fourth-order valence-electron chi connectivity index (χ4n) is 1.38. The van der Waals surface area contributed by atoms with E-state index in [1.807, 2.05) is 6.92 Å². The molecule has 1 N–H and O–H groups in total. The summed E-state index contributed by atoms with van der Waals surface area (Å²) in [7, 11) is 0. The molecule has 76 valence electrons. The van der Waals surface area contributed by atoms with Crippen molar-refractivity contribution < 1.29 is 19.3 Å². The van der Waals surface area contributed by atoms with Gasteiger partial charge in [0.15, 0.2) is 11.5 Å². The average molecular weight is 196 g/mol. The first kappa shape index (κ1) is 9.15. The normalized spacial score (nSPS) is 13.0. The molecule has 0 unspecified atom stereocenters. The first-order valence-electron chi connectivity index (χ1n) is 4.51. The van der Waals surface area contributed by atoms with Crippen LogP contribution >= 0.6 is 0 Å². The predicted octanol–water partition coefficient (Wildman–Crippen LogP) is 1.31. The molecule has 0 radical (unpaired) electrons. The van der Waals surface area contributed by atoms with Crippen molar-refractivity contribution in [2.24, 2.45) is 0 Å². The molecular formula is C10H12O4. The molecule has 0 saturated carbocycles. The van der Waals surface area contributed by atoms with Crippen molar-refractivity contribution in [2.45, 2.75) is 13.5 Å². The van der Waals surface area contributed by atoms with E-state index in [1.54, 1.807) is 12.1 Å². The second-order valence-electron chi connectivity index (χ2n) is 2.90. The van der Waals surface area contributed by atoms with Gasteiger partial charge >= 0.3 is 0 Å². The molecule has 1 aliphatic rings. The van der Waals surface area contributed by atoms with Gasteiger partial charge in [-0.25, -0.2) is 0 Å². The third-order valence-corrected chi connectivity index (χ3v) is 2.03. The van der Waals surface area contributed by atoms with Crippen LogP contribution in [0, 0.1) is 0 Å². The van der Waals surface area contributed by atoms with Gasteiger partial charge in [-0.15, -0.1) is 0 Å². The molecule has 1 aromatic carbocycles. The van der Waals surface area contributed by atoms with Gasteiger partial charge in [-0.3, -0.25) is 0 Å². The summed E-state index contributed by atoms with van der Waals surface area (Å²) in [6.45, 7) is 2.63. The summed E-state index contributed by atoms with van der Waals surface area (Å²) in [6, 6.07) is 3.49. The molecule has 0 aliphatic carbocycles. The van der Waals surface area contributed by atoms with Gasteiger partial charge in [-0.05, 0) is 13.0 Å². The molecule has 14 heavy (non-hydrogen) atoms. The lowest BCUT2D eigenvalue weighted by atomic mass is 10.2. The molecule has 2 rings (SSSR count).